The zero-order chi connectivity index (χ0) is 17.0. The van der Waals surface area contributed by atoms with E-state index >= 15 is 0 Å². The maximum absolute atomic E-state index is 12.2. The zero-order valence-corrected chi connectivity index (χ0v) is 13.1. The minimum Gasteiger partial charge on any atom is -0.455 e. The van der Waals surface area contributed by atoms with Gasteiger partial charge in [0, 0.05) is 17.5 Å². The van der Waals surface area contributed by atoms with Gasteiger partial charge in [0.15, 0.2) is 5.75 Å². The van der Waals surface area contributed by atoms with E-state index in [9.17, 15) is 14.9 Å². The van der Waals surface area contributed by atoms with Crippen LogP contribution in [0.25, 0.3) is 0 Å². The Morgan fingerprint density at radius 2 is 1.87 bits per heavy atom. The van der Waals surface area contributed by atoms with Crippen molar-refractivity contribution in [2.45, 2.75) is 20.8 Å². The highest BCUT2D eigenvalue weighted by molar-refractivity contribution is 5.96. The van der Waals surface area contributed by atoms with Crippen molar-refractivity contribution in [3.05, 3.63) is 58.6 Å². The third kappa shape index (κ3) is 4.29. The summed E-state index contributed by atoms with van der Waals surface area (Å²) in [5, 5.41) is 13.6. The van der Waals surface area contributed by atoms with E-state index in [4.69, 9.17) is 4.74 Å². The molecular formula is C17H17N2O4. The molecule has 0 saturated heterocycles. The second kappa shape index (κ2) is 6.48. The lowest BCUT2D eigenvalue weighted by atomic mass is 9.95. The van der Waals surface area contributed by atoms with Crippen molar-refractivity contribution in [1.82, 2.24) is 0 Å². The minimum absolute atomic E-state index is 0.122. The molecule has 0 aliphatic heterocycles. The van der Waals surface area contributed by atoms with Gasteiger partial charge in [-0.15, -0.1) is 0 Å². The first-order valence-electron chi connectivity index (χ1n) is 7.01. The summed E-state index contributed by atoms with van der Waals surface area (Å²) < 4.78 is 5.70. The van der Waals surface area contributed by atoms with Crippen LogP contribution in [0.2, 0.25) is 0 Å². The van der Waals surface area contributed by atoms with E-state index in [1.165, 1.54) is 18.2 Å². The number of hydrogen-bond donors (Lipinski definition) is 1. The highest BCUT2D eigenvalue weighted by atomic mass is 16.6. The summed E-state index contributed by atoms with van der Waals surface area (Å²) >= 11 is 0. The van der Waals surface area contributed by atoms with Crippen molar-refractivity contribution in [2.24, 2.45) is 5.41 Å². The Kier molecular flexibility index (Phi) is 4.64. The molecule has 0 aliphatic rings. The van der Waals surface area contributed by atoms with Gasteiger partial charge in [-0.25, -0.2) is 0 Å². The van der Waals surface area contributed by atoms with Crippen LogP contribution in [0.1, 0.15) is 20.8 Å². The van der Waals surface area contributed by atoms with Crippen LogP contribution in [0.15, 0.2) is 42.5 Å². The Labute approximate surface area is 134 Å². The number of nitro groups is 1. The molecule has 0 atom stereocenters. The first kappa shape index (κ1) is 16.5. The van der Waals surface area contributed by atoms with E-state index in [1.807, 2.05) is 0 Å². The number of nitrogens with zero attached hydrogens (tertiary/aromatic N) is 1. The number of rotatable bonds is 4. The molecule has 0 bridgehead atoms. The predicted octanol–water partition coefficient (Wildman–Crippen LogP) is 4.17. The van der Waals surface area contributed by atoms with Gasteiger partial charge in [-0.05, 0) is 24.3 Å². The van der Waals surface area contributed by atoms with Gasteiger partial charge in [0.1, 0.15) is 5.75 Å². The highest BCUT2D eigenvalue weighted by Crippen LogP contribution is 2.33. The lowest BCUT2D eigenvalue weighted by Gasteiger charge is -2.19. The maximum Gasteiger partial charge on any atom is 0.271 e. The van der Waals surface area contributed by atoms with Crippen molar-refractivity contribution in [3.8, 4) is 11.5 Å². The van der Waals surface area contributed by atoms with E-state index in [-0.39, 0.29) is 17.3 Å². The van der Waals surface area contributed by atoms with Gasteiger partial charge in [0.2, 0.25) is 5.91 Å². The van der Waals surface area contributed by atoms with Crippen LogP contribution >= 0.6 is 0 Å². The van der Waals surface area contributed by atoms with E-state index < -0.39 is 10.3 Å². The molecule has 6 heteroatoms. The van der Waals surface area contributed by atoms with E-state index in [1.54, 1.807) is 45.0 Å². The van der Waals surface area contributed by atoms with Crippen LogP contribution < -0.4 is 10.1 Å². The number of amides is 1. The van der Waals surface area contributed by atoms with E-state index in [0.29, 0.717) is 11.5 Å². The molecule has 0 saturated carbocycles. The molecule has 0 spiro atoms. The second-order valence-corrected chi connectivity index (χ2v) is 5.98. The molecule has 0 fully saturated rings. The van der Waals surface area contributed by atoms with Crippen LogP contribution in [0.4, 0.5) is 11.4 Å². The summed E-state index contributed by atoms with van der Waals surface area (Å²) in [4.78, 5) is 22.6. The third-order valence-corrected chi connectivity index (χ3v) is 3.02. The number of hydrogen-bond acceptors (Lipinski definition) is 4. The van der Waals surface area contributed by atoms with E-state index in [0.717, 1.165) is 0 Å². The van der Waals surface area contributed by atoms with Crippen LogP contribution in [0, 0.1) is 21.6 Å². The first-order chi connectivity index (χ1) is 10.8. The fraction of sp³-hybridized carbons (Fsp3) is 0.235. The molecule has 119 valence electrons. The fourth-order valence-corrected chi connectivity index (χ4v) is 1.69. The molecule has 1 N–H and O–H groups in total. The average molecular weight is 313 g/mol. The number of nitrogens with one attached hydrogen (secondary N) is 1. The van der Waals surface area contributed by atoms with Crippen molar-refractivity contribution in [1.29, 1.82) is 0 Å². The van der Waals surface area contributed by atoms with Crippen molar-refractivity contribution < 1.29 is 14.5 Å². The zero-order valence-electron chi connectivity index (χ0n) is 13.1. The molecular weight excluding hydrogens is 296 g/mol. The minimum atomic E-state index is -0.635. The molecule has 2 aromatic rings. The predicted molar refractivity (Wildman–Crippen MR) is 86.5 cm³/mol. The standard InChI is InChI=1S/C17H17N2O4/c1-17(2,3)16(20)18-14-11-12(19(21)22)9-10-15(14)23-13-7-5-4-6-8-13/h5-11H,1-3H3,(H,18,20). The van der Waals surface area contributed by atoms with E-state index in [2.05, 4.69) is 11.4 Å². The molecule has 2 aromatic carbocycles. The van der Waals surface area contributed by atoms with Crippen LogP contribution in [-0.4, -0.2) is 10.8 Å². The SMILES string of the molecule is CC(C)(C)C(=O)Nc1cc([N+](=O)[O-])ccc1Oc1cc[c]cc1. The van der Waals surface area contributed by atoms with Gasteiger partial charge >= 0.3 is 0 Å². The smallest absolute Gasteiger partial charge is 0.271 e. The Morgan fingerprint density at radius 1 is 1.22 bits per heavy atom. The summed E-state index contributed by atoms with van der Waals surface area (Å²) in [6, 6.07) is 13.7. The fourth-order valence-electron chi connectivity index (χ4n) is 1.69. The molecule has 1 radical (unpaired) electrons. The number of carbonyl (C=O) groups excluding carboxylic acids is 1. The molecule has 23 heavy (non-hydrogen) atoms. The molecule has 0 heterocycles. The molecule has 1 amide bonds. The Balaban J connectivity index is 2.37. The number of benzene rings is 2. The number of ether oxygens (including phenoxy) is 1. The van der Waals surface area contributed by atoms with Crippen LogP contribution in [0.5, 0.6) is 11.5 Å². The maximum atomic E-state index is 12.2. The lowest BCUT2D eigenvalue weighted by Crippen LogP contribution is -2.27. The van der Waals surface area contributed by atoms with Crippen molar-refractivity contribution in [2.75, 3.05) is 5.32 Å². The van der Waals surface area contributed by atoms with Gasteiger partial charge in [-0.3, -0.25) is 14.9 Å². The topological polar surface area (TPSA) is 81.5 Å². The monoisotopic (exact) mass is 313 g/mol. The Morgan fingerprint density at radius 3 is 2.43 bits per heavy atom. The first-order valence-corrected chi connectivity index (χ1v) is 7.01. The highest BCUT2D eigenvalue weighted by Gasteiger charge is 2.23. The quantitative estimate of drug-likeness (QED) is 0.678. The van der Waals surface area contributed by atoms with Gasteiger partial charge in [-0.2, -0.15) is 0 Å². The summed E-state index contributed by atoms with van der Waals surface area (Å²) in [7, 11) is 0. The van der Waals surface area contributed by atoms with Crippen LogP contribution in [0.3, 0.4) is 0 Å². The number of non-ortho nitro benzene ring substituents is 1. The number of anilines is 1. The lowest BCUT2D eigenvalue weighted by molar-refractivity contribution is -0.384. The normalized spacial score (nSPS) is 10.9. The summed E-state index contributed by atoms with van der Waals surface area (Å²) in [6.07, 6.45) is 0. The number of carbonyl (C=O) groups is 1. The van der Waals surface area contributed by atoms with Gasteiger partial charge < -0.3 is 10.1 Å². The Bertz CT molecular complexity index is 721. The summed E-state index contributed by atoms with van der Waals surface area (Å²) in [6.45, 7) is 5.27. The van der Waals surface area contributed by atoms with Crippen LogP contribution in [-0.2, 0) is 4.79 Å². The van der Waals surface area contributed by atoms with Crippen molar-refractivity contribution >= 4 is 17.3 Å². The average Bonchev–Trinajstić information content (AvgIpc) is 2.48. The van der Waals surface area contributed by atoms with Gasteiger partial charge in [-0.1, -0.05) is 32.9 Å². The number of nitro benzene ring substituents is 1. The van der Waals surface area contributed by atoms with Gasteiger partial charge in [0.05, 0.1) is 10.6 Å². The largest absolute Gasteiger partial charge is 0.455 e. The van der Waals surface area contributed by atoms with Crippen molar-refractivity contribution in [3.63, 3.8) is 0 Å². The Hall–Kier alpha value is -2.89. The molecule has 0 aliphatic carbocycles. The second-order valence-electron chi connectivity index (χ2n) is 5.98. The molecule has 0 unspecified atom stereocenters. The molecule has 2 rings (SSSR count). The summed E-state index contributed by atoms with van der Waals surface area (Å²) in [5.74, 6) is 0.618. The molecule has 0 aromatic heterocycles. The molecule has 6 nitrogen and oxygen atoms in total. The van der Waals surface area contributed by atoms with Gasteiger partial charge in [0.25, 0.3) is 5.69 Å². The summed E-state index contributed by atoms with van der Waals surface area (Å²) in [5.41, 5.74) is -0.501. The third-order valence-electron chi connectivity index (χ3n) is 3.02.